The van der Waals surface area contributed by atoms with E-state index >= 15 is 0 Å². The van der Waals surface area contributed by atoms with Crippen molar-refractivity contribution in [1.29, 1.82) is 0 Å². The van der Waals surface area contributed by atoms with Crippen molar-refractivity contribution in [3.05, 3.63) is 0 Å². The molecule has 104 valence electrons. The van der Waals surface area contributed by atoms with Gasteiger partial charge in [0, 0.05) is 30.8 Å². The first-order valence-electron chi connectivity index (χ1n) is 7.42. The van der Waals surface area contributed by atoms with Crippen LogP contribution >= 0.6 is 0 Å². The largest absolute Gasteiger partial charge is 0.394 e. The number of aliphatic hydroxyl groups excluding tert-OH is 1. The minimum atomic E-state index is -0.0513. The van der Waals surface area contributed by atoms with Gasteiger partial charge in [0.15, 0.2) is 0 Å². The molecule has 3 unspecified atom stereocenters. The average Bonchev–Trinajstić information content (AvgIpc) is 2.96. The van der Waals surface area contributed by atoms with Gasteiger partial charge in [-0.25, -0.2) is 0 Å². The molecular weight excluding hydrogens is 228 g/mol. The van der Waals surface area contributed by atoms with Crippen LogP contribution < -0.4 is 5.32 Å². The van der Waals surface area contributed by atoms with Crippen LogP contribution in [0.1, 0.15) is 38.5 Å². The van der Waals surface area contributed by atoms with Crippen LogP contribution in [0.25, 0.3) is 0 Å². The van der Waals surface area contributed by atoms with E-state index in [0.29, 0.717) is 18.2 Å². The summed E-state index contributed by atoms with van der Waals surface area (Å²) in [6.07, 6.45) is 7.49. The Hall–Kier alpha value is -0.160. The molecular formula is C14H26N2O2. The molecule has 2 bridgehead atoms. The Morgan fingerprint density at radius 3 is 2.56 bits per heavy atom. The number of rotatable bonds is 4. The fourth-order valence-corrected chi connectivity index (χ4v) is 4.03. The Labute approximate surface area is 110 Å². The van der Waals surface area contributed by atoms with E-state index in [0.717, 1.165) is 26.0 Å². The van der Waals surface area contributed by atoms with E-state index in [9.17, 15) is 5.11 Å². The summed E-state index contributed by atoms with van der Waals surface area (Å²) in [6, 6.07) is 1.32. The van der Waals surface area contributed by atoms with Gasteiger partial charge in [-0.05, 0) is 45.6 Å². The van der Waals surface area contributed by atoms with Crippen molar-refractivity contribution in [3.63, 3.8) is 0 Å². The van der Waals surface area contributed by atoms with Gasteiger partial charge in [0.1, 0.15) is 0 Å². The molecule has 3 aliphatic rings. The molecule has 2 N–H and O–H groups in total. The highest BCUT2D eigenvalue weighted by molar-refractivity contribution is 5.05. The summed E-state index contributed by atoms with van der Waals surface area (Å²) in [5.74, 6) is 0. The van der Waals surface area contributed by atoms with Crippen LogP contribution in [-0.4, -0.2) is 60.5 Å². The lowest BCUT2D eigenvalue weighted by Gasteiger charge is -2.45. The molecule has 4 heteroatoms. The first-order chi connectivity index (χ1) is 8.72. The first-order valence-corrected chi connectivity index (χ1v) is 7.42. The van der Waals surface area contributed by atoms with Crippen LogP contribution in [0, 0.1) is 0 Å². The average molecular weight is 254 g/mol. The van der Waals surface area contributed by atoms with Crippen LogP contribution in [0.15, 0.2) is 0 Å². The van der Waals surface area contributed by atoms with Crippen molar-refractivity contribution < 1.29 is 9.84 Å². The van der Waals surface area contributed by atoms with Crippen LogP contribution in [0.2, 0.25) is 0 Å². The molecule has 3 saturated heterocycles. The molecule has 0 aromatic carbocycles. The number of ether oxygens (including phenoxy) is 1. The van der Waals surface area contributed by atoms with Crippen LogP contribution in [-0.2, 0) is 4.74 Å². The lowest BCUT2D eigenvalue weighted by Crippen LogP contribution is -2.59. The predicted octanol–water partition coefficient (Wildman–Crippen LogP) is 0.743. The van der Waals surface area contributed by atoms with Gasteiger partial charge in [-0.3, -0.25) is 0 Å². The van der Waals surface area contributed by atoms with Crippen molar-refractivity contribution in [2.75, 3.05) is 26.8 Å². The maximum Gasteiger partial charge on any atom is 0.0700 e. The van der Waals surface area contributed by atoms with Gasteiger partial charge < -0.3 is 20.1 Å². The van der Waals surface area contributed by atoms with Gasteiger partial charge >= 0.3 is 0 Å². The lowest BCUT2D eigenvalue weighted by atomic mass is 9.83. The fourth-order valence-electron chi connectivity index (χ4n) is 4.03. The van der Waals surface area contributed by atoms with Crippen molar-refractivity contribution in [1.82, 2.24) is 10.2 Å². The molecule has 0 spiro atoms. The SMILES string of the molecule is CN1C2CCC1CC(CO)(NCC1CCCO1)C2. The van der Waals surface area contributed by atoms with E-state index in [-0.39, 0.29) is 12.1 Å². The molecule has 18 heavy (non-hydrogen) atoms. The van der Waals surface area contributed by atoms with Gasteiger partial charge in [-0.1, -0.05) is 0 Å². The third kappa shape index (κ3) is 2.31. The van der Waals surface area contributed by atoms with E-state index in [4.69, 9.17) is 4.74 Å². The minimum Gasteiger partial charge on any atom is -0.394 e. The Morgan fingerprint density at radius 1 is 1.28 bits per heavy atom. The van der Waals surface area contributed by atoms with Crippen LogP contribution in [0.5, 0.6) is 0 Å². The second-order valence-corrected chi connectivity index (χ2v) is 6.41. The summed E-state index contributed by atoms with van der Waals surface area (Å²) < 4.78 is 5.67. The Morgan fingerprint density at radius 2 is 2.00 bits per heavy atom. The number of hydrogen-bond acceptors (Lipinski definition) is 4. The summed E-state index contributed by atoms with van der Waals surface area (Å²) in [5, 5.41) is 13.5. The zero-order chi connectivity index (χ0) is 12.6. The lowest BCUT2D eigenvalue weighted by molar-refractivity contribution is 0.0326. The molecule has 3 heterocycles. The number of nitrogens with one attached hydrogen (secondary N) is 1. The third-order valence-electron chi connectivity index (χ3n) is 5.27. The summed E-state index contributed by atoms with van der Waals surface area (Å²) in [4.78, 5) is 2.52. The molecule has 0 saturated carbocycles. The number of aliphatic hydroxyl groups is 1. The van der Waals surface area contributed by atoms with E-state index in [1.807, 2.05) is 0 Å². The van der Waals surface area contributed by atoms with E-state index in [1.165, 1.54) is 25.7 Å². The van der Waals surface area contributed by atoms with Gasteiger partial charge in [0.05, 0.1) is 12.7 Å². The fraction of sp³-hybridized carbons (Fsp3) is 1.00. The number of nitrogens with zero attached hydrogens (tertiary/aromatic N) is 1. The standard InChI is InChI=1S/C14H26N2O2/c1-16-11-4-5-12(16)8-14(7-11,10-17)15-9-13-3-2-6-18-13/h11-13,15,17H,2-10H2,1H3. The monoisotopic (exact) mass is 254 g/mol. The topological polar surface area (TPSA) is 44.7 Å². The van der Waals surface area contributed by atoms with E-state index in [1.54, 1.807) is 0 Å². The molecule has 3 aliphatic heterocycles. The van der Waals surface area contributed by atoms with Gasteiger partial charge in [-0.2, -0.15) is 0 Å². The number of hydrogen-bond donors (Lipinski definition) is 2. The molecule has 3 rings (SSSR count). The Kier molecular flexibility index (Phi) is 3.63. The Bertz CT molecular complexity index is 278. The first kappa shape index (κ1) is 12.9. The second-order valence-electron chi connectivity index (χ2n) is 6.41. The molecule has 0 aromatic heterocycles. The predicted molar refractivity (Wildman–Crippen MR) is 70.6 cm³/mol. The highest BCUT2D eigenvalue weighted by Crippen LogP contribution is 2.39. The smallest absolute Gasteiger partial charge is 0.0700 e. The molecule has 3 fully saturated rings. The maximum atomic E-state index is 9.84. The third-order valence-corrected chi connectivity index (χ3v) is 5.27. The highest BCUT2D eigenvalue weighted by Gasteiger charge is 2.46. The van der Waals surface area contributed by atoms with Gasteiger partial charge in [-0.15, -0.1) is 0 Å². The zero-order valence-corrected chi connectivity index (χ0v) is 11.4. The molecule has 3 atom stereocenters. The zero-order valence-electron chi connectivity index (χ0n) is 11.4. The Balaban J connectivity index is 1.60. The highest BCUT2D eigenvalue weighted by atomic mass is 16.5. The van der Waals surface area contributed by atoms with E-state index < -0.39 is 0 Å². The van der Waals surface area contributed by atoms with Crippen molar-refractivity contribution in [2.45, 2.75) is 62.3 Å². The van der Waals surface area contributed by atoms with Crippen molar-refractivity contribution in [3.8, 4) is 0 Å². The van der Waals surface area contributed by atoms with Gasteiger partial charge in [0.25, 0.3) is 0 Å². The second kappa shape index (κ2) is 5.08. The minimum absolute atomic E-state index is 0.0513. The van der Waals surface area contributed by atoms with Gasteiger partial charge in [0.2, 0.25) is 0 Å². The molecule has 0 aliphatic carbocycles. The number of piperidine rings is 1. The molecule has 4 nitrogen and oxygen atoms in total. The number of fused-ring (bicyclic) bond motifs is 2. The quantitative estimate of drug-likeness (QED) is 0.777. The van der Waals surface area contributed by atoms with E-state index in [2.05, 4.69) is 17.3 Å². The van der Waals surface area contributed by atoms with Crippen molar-refractivity contribution >= 4 is 0 Å². The van der Waals surface area contributed by atoms with Crippen molar-refractivity contribution in [2.24, 2.45) is 0 Å². The normalized spacial score (nSPS) is 44.7. The summed E-state index contributed by atoms with van der Waals surface area (Å²) in [5.41, 5.74) is -0.0513. The molecule has 0 radical (unpaired) electrons. The summed E-state index contributed by atoms with van der Waals surface area (Å²) in [6.45, 7) is 2.08. The summed E-state index contributed by atoms with van der Waals surface area (Å²) >= 11 is 0. The maximum absolute atomic E-state index is 9.84. The van der Waals surface area contributed by atoms with Crippen LogP contribution in [0.3, 0.4) is 0 Å². The molecule has 0 amide bonds. The van der Waals surface area contributed by atoms with Crippen LogP contribution in [0.4, 0.5) is 0 Å². The molecule has 0 aromatic rings. The summed E-state index contributed by atoms with van der Waals surface area (Å²) in [7, 11) is 2.24.